The van der Waals surface area contributed by atoms with E-state index in [2.05, 4.69) is 31.5 Å². The quantitative estimate of drug-likeness (QED) is 0.166. The Morgan fingerprint density at radius 1 is 1.00 bits per heavy atom. The van der Waals surface area contributed by atoms with Gasteiger partial charge in [-0.1, -0.05) is 80.2 Å². The maximum atomic E-state index is 14.1. The van der Waals surface area contributed by atoms with Gasteiger partial charge in [0.05, 0.1) is 28.2 Å². The van der Waals surface area contributed by atoms with Gasteiger partial charge in [0, 0.05) is 43.7 Å². The maximum Gasteiger partial charge on any atom is 0.246 e. The number of hydrogen-bond donors (Lipinski definition) is 3. The van der Waals surface area contributed by atoms with E-state index < -0.39 is 23.6 Å². The number of thiazole rings is 1. The number of halogens is 1. The Morgan fingerprint density at radius 2 is 1.65 bits per heavy atom. The number of hydrogen-bond acceptors (Lipinski definition) is 7. The Hall–Kier alpha value is -2.83. The number of rotatable bonds is 14. The number of amides is 4. The van der Waals surface area contributed by atoms with Crippen LogP contribution in [0.2, 0.25) is 0 Å². The van der Waals surface area contributed by atoms with Crippen molar-refractivity contribution in [1.82, 2.24) is 25.4 Å². The lowest BCUT2D eigenvalue weighted by atomic mass is 9.84. The van der Waals surface area contributed by atoms with Gasteiger partial charge in [0.2, 0.25) is 23.6 Å². The van der Waals surface area contributed by atoms with Crippen molar-refractivity contribution in [2.45, 2.75) is 117 Å². The van der Waals surface area contributed by atoms with Crippen LogP contribution >= 0.6 is 27.3 Å². The van der Waals surface area contributed by atoms with Crippen LogP contribution in [0.25, 0.3) is 10.4 Å². The standard InChI is InChI=1S/C37H54BrN5O5S/c1-24(26-12-14-27(15-13-26)32-25(2)39-23-49-32)40-35(47)30-21-29(44)22-43(30)36(48)33(37(3,4)5)41-34(46)28-16-19-42(20-17-28)31(45)11-9-7-6-8-10-18-38/h12-15,23-24,28-30,33,44H,6-11,16-22H2,1-5H3,(H,40,47)(H,41,46)/t24?,29-,30+,33?/m1/s1. The molecule has 2 aromatic rings. The van der Waals surface area contributed by atoms with Crippen LogP contribution in [0.1, 0.15) is 103 Å². The van der Waals surface area contributed by atoms with Crippen LogP contribution in [-0.2, 0) is 19.2 Å². The molecule has 12 heteroatoms. The van der Waals surface area contributed by atoms with Gasteiger partial charge in [-0.05, 0) is 56.1 Å². The van der Waals surface area contributed by atoms with Crippen LogP contribution in [0.4, 0.5) is 0 Å². The van der Waals surface area contributed by atoms with Gasteiger partial charge in [0.15, 0.2) is 0 Å². The first-order chi connectivity index (χ1) is 23.3. The smallest absolute Gasteiger partial charge is 0.246 e. The summed E-state index contributed by atoms with van der Waals surface area (Å²) in [5.41, 5.74) is 4.14. The van der Waals surface area contributed by atoms with E-state index in [1.165, 1.54) is 11.3 Å². The number of carbonyl (C=O) groups excluding carboxylic acids is 4. The molecule has 0 radical (unpaired) electrons. The minimum absolute atomic E-state index is 0.0215. The second-order valence-electron chi connectivity index (χ2n) is 14.7. The minimum Gasteiger partial charge on any atom is -0.391 e. The molecular formula is C37H54BrN5O5S. The second-order valence-corrected chi connectivity index (χ2v) is 16.3. The predicted molar refractivity (Wildman–Crippen MR) is 197 cm³/mol. The third kappa shape index (κ3) is 10.6. The van der Waals surface area contributed by atoms with Crippen molar-refractivity contribution in [2.75, 3.05) is 25.0 Å². The number of aromatic nitrogens is 1. The van der Waals surface area contributed by atoms with E-state index in [1.54, 1.807) is 11.3 Å². The molecule has 0 spiro atoms. The number of piperidine rings is 1. The van der Waals surface area contributed by atoms with E-state index in [4.69, 9.17) is 0 Å². The molecule has 2 unspecified atom stereocenters. The molecule has 4 atom stereocenters. The zero-order valence-corrected chi connectivity index (χ0v) is 32.1. The van der Waals surface area contributed by atoms with Crippen molar-refractivity contribution in [3.63, 3.8) is 0 Å². The van der Waals surface area contributed by atoms with Crippen molar-refractivity contribution in [3.05, 3.63) is 41.0 Å². The number of aliphatic hydroxyl groups is 1. The third-order valence-corrected chi connectivity index (χ3v) is 11.3. The van der Waals surface area contributed by atoms with Gasteiger partial charge in [-0.15, -0.1) is 11.3 Å². The number of nitrogens with zero attached hydrogens (tertiary/aromatic N) is 3. The van der Waals surface area contributed by atoms with E-state index in [0.29, 0.717) is 32.4 Å². The van der Waals surface area contributed by atoms with Crippen LogP contribution in [0.5, 0.6) is 0 Å². The molecule has 1 aromatic heterocycles. The van der Waals surface area contributed by atoms with Gasteiger partial charge in [0.1, 0.15) is 12.1 Å². The molecule has 1 aromatic carbocycles. The van der Waals surface area contributed by atoms with Crippen LogP contribution < -0.4 is 10.6 Å². The number of aryl methyl sites for hydroxylation is 1. The van der Waals surface area contributed by atoms with E-state index in [9.17, 15) is 24.3 Å². The van der Waals surface area contributed by atoms with Crippen molar-refractivity contribution in [3.8, 4) is 10.4 Å². The van der Waals surface area contributed by atoms with Crippen LogP contribution in [0.15, 0.2) is 29.8 Å². The number of likely N-dealkylation sites (tertiary alicyclic amines) is 2. The third-order valence-electron chi connectivity index (χ3n) is 9.78. The summed E-state index contributed by atoms with van der Waals surface area (Å²) in [7, 11) is 0. The number of carbonyl (C=O) groups is 4. The van der Waals surface area contributed by atoms with E-state index >= 15 is 0 Å². The average molecular weight is 761 g/mol. The summed E-state index contributed by atoms with van der Waals surface area (Å²) in [6.07, 6.45) is 6.33. The van der Waals surface area contributed by atoms with Crippen LogP contribution in [0.3, 0.4) is 0 Å². The summed E-state index contributed by atoms with van der Waals surface area (Å²) in [4.78, 5) is 62.7. The van der Waals surface area contributed by atoms with E-state index in [1.807, 2.05) is 69.3 Å². The van der Waals surface area contributed by atoms with Gasteiger partial charge < -0.3 is 25.5 Å². The number of unbranched alkanes of at least 4 members (excludes halogenated alkanes) is 4. The number of nitrogens with one attached hydrogen (secondary N) is 2. The van der Waals surface area contributed by atoms with Gasteiger partial charge >= 0.3 is 0 Å². The molecule has 270 valence electrons. The molecule has 3 heterocycles. The highest BCUT2D eigenvalue weighted by molar-refractivity contribution is 9.09. The summed E-state index contributed by atoms with van der Waals surface area (Å²) in [5, 5.41) is 17.7. The van der Waals surface area contributed by atoms with Crippen LogP contribution in [-0.4, -0.2) is 86.7 Å². The largest absolute Gasteiger partial charge is 0.391 e. The highest BCUT2D eigenvalue weighted by atomic mass is 79.9. The second kappa shape index (κ2) is 17.9. The Kier molecular flexibility index (Phi) is 14.2. The molecule has 3 N–H and O–H groups in total. The van der Waals surface area contributed by atoms with Gasteiger partial charge in [-0.2, -0.15) is 0 Å². The van der Waals surface area contributed by atoms with Gasteiger partial charge in [0.25, 0.3) is 0 Å². The molecule has 2 fully saturated rings. The Labute approximate surface area is 303 Å². The molecule has 0 saturated carbocycles. The first-order valence-corrected chi connectivity index (χ1v) is 19.7. The van der Waals surface area contributed by atoms with Gasteiger partial charge in [-0.3, -0.25) is 19.2 Å². The fraction of sp³-hybridized carbons (Fsp3) is 0.649. The molecule has 0 aliphatic carbocycles. The lowest BCUT2D eigenvalue weighted by Crippen LogP contribution is -2.59. The molecular weight excluding hydrogens is 706 g/mol. The Bertz CT molecular complexity index is 1420. The van der Waals surface area contributed by atoms with Crippen LogP contribution in [0, 0.1) is 18.3 Å². The lowest BCUT2D eigenvalue weighted by Gasteiger charge is -2.37. The number of aliphatic hydroxyl groups excluding tert-OH is 1. The summed E-state index contributed by atoms with van der Waals surface area (Å²) in [6, 6.07) is 5.92. The molecule has 2 aliphatic heterocycles. The fourth-order valence-electron chi connectivity index (χ4n) is 6.73. The highest BCUT2D eigenvalue weighted by Gasteiger charge is 2.45. The molecule has 2 saturated heterocycles. The first-order valence-electron chi connectivity index (χ1n) is 17.7. The molecule has 4 amide bonds. The normalized spacial score (nSPS) is 19.8. The SMILES string of the molecule is Cc1ncsc1-c1ccc(C(C)NC(=O)[C@@H]2C[C@@H](O)CN2C(=O)C(NC(=O)C2CCN(C(=O)CCCCCCCBr)CC2)C(C)(C)C)cc1. The monoisotopic (exact) mass is 759 g/mol. The highest BCUT2D eigenvalue weighted by Crippen LogP contribution is 2.30. The minimum atomic E-state index is -0.884. The topological polar surface area (TPSA) is 132 Å². The van der Waals surface area contributed by atoms with Crippen molar-refractivity contribution >= 4 is 50.9 Å². The average Bonchev–Trinajstić information content (AvgIpc) is 3.69. The van der Waals surface area contributed by atoms with E-state index in [-0.39, 0.29) is 48.6 Å². The summed E-state index contributed by atoms with van der Waals surface area (Å²) >= 11 is 5.04. The fourth-order valence-corrected chi connectivity index (χ4v) is 7.93. The molecule has 2 aliphatic rings. The molecule has 4 rings (SSSR count). The zero-order chi connectivity index (χ0) is 35.7. The first kappa shape index (κ1) is 39.0. The lowest BCUT2D eigenvalue weighted by molar-refractivity contribution is -0.145. The number of β-amino-alcohol motifs (C(OH)–C–C–N with tert-alkyl or cyclic N) is 1. The molecule has 0 bridgehead atoms. The summed E-state index contributed by atoms with van der Waals surface area (Å²) in [6.45, 7) is 10.6. The summed E-state index contributed by atoms with van der Waals surface area (Å²) in [5.74, 6) is -1.08. The zero-order valence-electron chi connectivity index (χ0n) is 29.7. The summed E-state index contributed by atoms with van der Waals surface area (Å²) < 4.78 is 0. The number of benzene rings is 1. The Balaban J connectivity index is 1.32. The van der Waals surface area contributed by atoms with Crippen molar-refractivity contribution in [1.29, 1.82) is 0 Å². The van der Waals surface area contributed by atoms with Gasteiger partial charge in [-0.25, -0.2) is 4.98 Å². The predicted octanol–water partition coefficient (Wildman–Crippen LogP) is 5.76. The molecule has 10 nitrogen and oxygen atoms in total. The van der Waals surface area contributed by atoms with Crippen molar-refractivity contribution in [2.24, 2.45) is 11.3 Å². The molecule has 49 heavy (non-hydrogen) atoms. The Morgan fingerprint density at radius 3 is 2.27 bits per heavy atom. The van der Waals surface area contributed by atoms with Crippen molar-refractivity contribution < 1.29 is 24.3 Å². The maximum absolute atomic E-state index is 14.1. The number of alkyl halides is 1. The van der Waals surface area contributed by atoms with E-state index in [0.717, 1.165) is 52.7 Å².